The van der Waals surface area contributed by atoms with E-state index in [4.69, 9.17) is 4.42 Å². The number of carbonyl (C=O) groups excluding carboxylic acids is 2. The number of amides is 2. The van der Waals surface area contributed by atoms with Gasteiger partial charge in [0.15, 0.2) is 0 Å². The monoisotopic (exact) mass is 457 g/mol. The maximum Gasteiger partial charge on any atom is 0.280 e. The summed E-state index contributed by atoms with van der Waals surface area (Å²) in [5, 5.41) is 28.3. The quantitative estimate of drug-likeness (QED) is 0.477. The zero-order valence-corrected chi connectivity index (χ0v) is 18.5. The molecule has 0 spiro atoms. The number of carbonyl (C=O) groups is 2. The molecule has 5 rings (SSSR count). The van der Waals surface area contributed by atoms with Gasteiger partial charge in [-0.3, -0.25) is 9.59 Å². The van der Waals surface area contributed by atoms with Gasteiger partial charge in [0, 0.05) is 18.2 Å². The third-order valence-corrected chi connectivity index (χ3v) is 5.82. The highest BCUT2D eigenvalue weighted by Gasteiger charge is 2.29. The summed E-state index contributed by atoms with van der Waals surface area (Å²) in [5.74, 6) is 0.758. The fourth-order valence-corrected chi connectivity index (χ4v) is 3.74. The van der Waals surface area contributed by atoms with Crippen molar-refractivity contribution in [3.8, 4) is 22.8 Å². The topological polar surface area (TPSA) is 115 Å². The molecule has 3 N–H and O–H groups in total. The van der Waals surface area contributed by atoms with Gasteiger partial charge in [-0.1, -0.05) is 6.07 Å². The number of furan rings is 1. The molecule has 8 heteroatoms. The van der Waals surface area contributed by atoms with Crippen molar-refractivity contribution in [1.82, 2.24) is 5.32 Å². The minimum Gasteiger partial charge on any atom is -0.508 e. The third-order valence-electron chi connectivity index (χ3n) is 5.82. The van der Waals surface area contributed by atoms with Crippen LogP contribution in [0.15, 0.2) is 69.7 Å². The molecule has 0 unspecified atom stereocenters. The molecule has 2 amide bonds. The summed E-state index contributed by atoms with van der Waals surface area (Å²) in [6.07, 6.45) is 3.85. The number of hydrogen-bond donors (Lipinski definition) is 3. The predicted octanol–water partition coefficient (Wildman–Crippen LogP) is 4.30. The van der Waals surface area contributed by atoms with Crippen LogP contribution in [0.5, 0.6) is 11.5 Å². The summed E-state index contributed by atoms with van der Waals surface area (Å²) >= 11 is 0. The SMILES string of the molecule is CC1=NN(c2cccc(O)c2)C(=O)/C1=C\c1ccc(-c2ccc(O)c(C(=O)NCC3CC3)c2)o1. The Kier molecular flexibility index (Phi) is 5.41. The molecular formula is C26H23N3O5. The Hall–Kier alpha value is -4.33. The molecule has 1 aliphatic carbocycles. The number of phenols is 2. The summed E-state index contributed by atoms with van der Waals surface area (Å²) in [5.41, 5.74) is 2.17. The summed E-state index contributed by atoms with van der Waals surface area (Å²) in [7, 11) is 0. The Morgan fingerprint density at radius 2 is 2.00 bits per heavy atom. The van der Waals surface area contributed by atoms with E-state index in [2.05, 4.69) is 10.4 Å². The highest BCUT2D eigenvalue weighted by atomic mass is 16.3. The predicted molar refractivity (Wildman–Crippen MR) is 128 cm³/mol. The molecule has 1 fully saturated rings. The molecule has 2 heterocycles. The van der Waals surface area contributed by atoms with Gasteiger partial charge in [0.25, 0.3) is 11.8 Å². The normalized spacial score (nSPS) is 16.7. The molecule has 1 saturated carbocycles. The van der Waals surface area contributed by atoms with Crippen LogP contribution in [0.4, 0.5) is 5.69 Å². The van der Waals surface area contributed by atoms with Crippen molar-refractivity contribution in [1.29, 1.82) is 0 Å². The summed E-state index contributed by atoms with van der Waals surface area (Å²) in [6, 6.07) is 14.5. The van der Waals surface area contributed by atoms with Crippen LogP contribution in [0.3, 0.4) is 0 Å². The lowest BCUT2D eigenvalue weighted by Crippen LogP contribution is -2.25. The van der Waals surface area contributed by atoms with Crippen LogP contribution in [0.2, 0.25) is 0 Å². The third kappa shape index (κ3) is 4.30. The van der Waals surface area contributed by atoms with Crippen LogP contribution < -0.4 is 10.3 Å². The van der Waals surface area contributed by atoms with Crippen molar-refractivity contribution in [3.05, 3.63) is 71.5 Å². The Balaban J connectivity index is 1.37. The van der Waals surface area contributed by atoms with E-state index in [1.165, 1.54) is 23.2 Å². The van der Waals surface area contributed by atoms with Crippen LogP contribution in [0.25, 0.3) is 17.4 Å². The lowest BCUT2D eigenvalue weighted by Gasteiger charge is -2.11. The number of nitrogens with one attached hydrogen (secondary N) is 1. The second-order valence-electron chi connectivity index (χ2n) is 8.47. The van der Waals surface area contributed by atoms with Crippen LogP contribution >= 0.6 is 0 Å². The van der Waals surface area contributed by atoms with Crippen molar-refractivity contribution < 1.29 is 24.2 Å². The zero-order chi connectivity index (χ0) is 23.8. The largest absolute Gasteiger partial charge is 0.508 e. The summed E-state index contributed by atoms with van der Waals surface area (Å²) < 4.78 is 5.92. The Morgan fingerprint density at radius 3 is 2.76 bits per heavy atom. The molecule has 2 aliphatic rings. The van der Waals surface area contributed by atoms with Crippen molar-refractivity contribution >= 4 is 29.3 Å². The first-order valence-electron chi connectivity index (χ1n) is 11.0. The van der Waals surface area contributed by atoms with E-state index in [1.807, 2.05) is 0 Å². The van der Waals surface area contributed by atoms with Gasteiger partial charge in [-0.2, -0.15) is 10.1 Å². The molecule has 0 saturated heterocycles. The molecule has 2 aromatic carbocycles. The number of hydrogen-bond acceptors (Lipinski definition) is 6. The number of hydrazone groups is 1. The van der Waals surface area contributed by atoms with Gasteiger partial charge < -0.3 is 19.9 Å². The molecule has 8 nitrogen and oxygen atoms in total. The fourth-order valence-electron chi connectivity index (χ4n) is 3.74. The maximum absolute atomic E-state index is 12.9. The fraction of sp³-hybridized carbons (Fsp3) is 0.192. The lowest BCUT2D eigenvalue weighted by molar-refractivity contribution is -0.114. The first-order valence-corrected chi connectivity index (χ1v) is 11.0. The van der Waals surface area contributed by atoms with Gasteiger partial charge in [-0.25, -0.2) is 0 Å². The summed E-state index contributed by atoms with van der Waals surface area (Å²) in [6.45, 7) is 2.33. The molecule has 0 radical (unpaired) electrons. The van der Waals surface area contributed by atoms with Crippen LogP contribution in [-0.2, 0) is 4.79 Å². The van der Waals surface area contributed by atoms with Gasteiger partial charge in [0.2, 0.25) is 0 Å². The lowest BCUT2D eigenvalue weighted by atomic mass is 10.1. The van der Waals surface area contributed by atoms with Crippen molar-refractivity contribution in [2.75, 3.05) is 11.6 Å². The molecule has 1 aromatic heterocycles. The van der Waals surface area contributed by atoms with E-state index in [0.29, 0.717) is 46.5 Å². The van der Waals surface area contributed by atoms with Crippen LogP contribution in [0, 0.1) is 5.92 Å². The summed E-state index contributed by atoms with van der Waals surface area (Å²) in [4.78, 5) is 25.4. The van der Waals surface area contributed by atoms with Gasteiger partial charge in [-0.15, -0.1) is 0 Å². The number of anilines is 1. The first kappa shape index (κ1) is 21.5. The zero-order valence-electron chi connectivity index (χ0n) is 18.5. The Morgan fingerprint density at radius 1 is 1.18 bits per heavy atom. The number of nitrogens with zero attached hydrogens (tertiary/aromatic N) is 2. The average molecular weight is 457 g/mol. The highest BCUT2D eigenvalue weighted by Crippen LogP contribution is 2.31. The second-order valence-corrected chi connectivity index (χ2v) is 8.47. The van der Waals surface area contributed by atoms with Crippen LogP contribution in [-0.4, -0.2) is 34.3 Å². The standard InChI is InChI=1S/C26H23N3O5/c1-15-21(26(33)29(28-15)18-3-2-4-19(30)12-18)13-20-8-10-24(34-20)17-7-9-23(31)22(11-17)25(32)27-14-16-5-6-16/h2-4,7-13,16,30-31H,5-6,14H2,1H3,(H,27,32)/b21-13-. The molecule has 172 valence electrons. The van der Waals surface area contributed by atoms with Gasteiger partial charge >= 0.3 is 0 Å². The second kappa shape index (κ2) is 8.55. The van der Waals surface area contributed by atoms with Gasteiger partial charge in [0.1, 0.15) is 23.0 Å². The molecule has 0 atom stereocenters. The van der Waals surface area contributed by atoms with E-state index in [0.717, 1.165) is 12.8 Å². The van der Waals surface area contributed by atoms with Crippen molar-refractivity contribution in [2.45, 2.75) is 19.8 Å². The maximum atomic E-state index is 12.9. The minimum atomic E-state index is -0.333. The van der Waals surface area contributed by atoms with E-state index in [1.54, 1.807) is 49.4 Å². The van der Waals surface area contributed by atoms with Gasteiger partial charge in [-0.05, 0) is 74.2 Å². The van der Waals surface area contributed by atoms with E-state index < -0.39 is 0 Å². The van der Waals surface area contributed by atoms with Crippen LogP contribution in [0.1, 0.15) is 35.9 Å². The number of benzene rings is 2. The Labute approximate surface area is 195 Å². The van der Waals surface area contributed by atoms with Crippen molar-refractivity contribution in [2.24, 2.45) is 11.0 Å². The Bertz CT molecular complexity index is 1350. The minimum absolute atomic E-state index is 0.0424. The molecule has 1 aliphatic heterocycles. The van der Waals surface area contributed by atoms with E-state index in [-0.39, 0.29) is 28.9 Å². The molecule has 34 heavy (non-hydrogen) atoms. The van der Waals surface area contributed by atoms with Crippen molar-refractivity contribution in [3.63, 3.8) is 0 Å². The smallest absolute Gasteiger partial charge is 0.280 e. The number of phenolic OH excluding ortho intramolecular Hbond substituents is 2. The average Bonchev–Trinajstić information content (AvgIpc) is 3.47. The number of aromatic hydroxyl groups is 2. The highest BCUT2D eigenvalue weighted by molar-refractivity contribution is 6.32. The van der Waals surface area contributed by atoms with E-state index >= 15 is 0 Å². The molecule has 3 aromatic rings. The molecular weight excluding hydrogens is 434 g/mol. The van der Waals surface area contributed by atoms with E-state index in [9.17, 15) is 19.8 Å². The first-order chi connectivity index (χ1) is 16.4. The number of rotatable bonds is 6. The molecule has 0 bridgehead atoms. The van der Waals surface area contributed by atoms with Gasteiger partial charge in [0.05, 0.1) is 22.5 Å².